The van der Waals surface area contributed by atoms with Crippen molar-refractivity contribution in [1.82, 2.24) is 0 Å². The van der Waals surface area contributed by atoms with Crippen molar-refractivity contribution in [2.45, 2.75) is 12.8 Å². The summed E-state index contributed by atoms with van der Waals surface area (Å²) in [7, 11) is 0. The Labute approximate surface area is 48.7 Å². The molecule has 0 unspecified atom stereocenters. The highest BCUT2D eigenvalue weighted by Crippen LogP contribution is 2.10. The molecule has 8 heavy (non-hydrogen) atoms. The van der Waals surface area contributed by atoms with E-state index in [1.54, 1.807) is 0 Å². The Bertz CT molecular complexity index is 122. The molecule has 0 saturated carbocycles. The van der Waals surface area contributed by atoms with Crippen molar-refractivity contribution in [2.75, 3.05) is 6.67 Å². The molecule has 0 aliphatic heterocycles. The van der Waals surface area contributed by atoms with E-state index in [2.05, 4.69) is 6.08 Å². The molecule has 0 N–H and O–H groups in total. The summed E-state index contributed by atoms with van der Waals surface area (Å²) < 4.78 is 11.8. The van der Waals surface area contributed by atoms with Gasteiger partial charge in [-0.05, 0) is 18.4 Å². The van der Waals surface area contributed by atoms with Crippen LogP contribution >= 0.6 is 0 Å². The summed E-state index contributed by atoms with van der Waals surface area (Å²) in [6.45, 7) is -0.273. The number of alkyl halides is 1. The standard InChI is InChI=1S/C7H9F/c8-6-7-4-2-1-3-5-7/h1-2,5H,3-4,6H2. The normalized spacial score (nSPS) is 18.4. The maximum atomic E-state index is 11.8. The van der Waals surface area contributed by atoms with Gasteiger partial charge in [-0.25, -0.2) is 4.39 Å². The van der Waals surface area contributed by atoms with E-state index >= 15 is 0 Å². The molecule has 1 aliphatic carbocycles. The molecule has 0 nitrogen and oxygen atoms in total. The van der Waals surface area contributed by atoms with Crippen LogP contribution in [0, 0.1) is 0 Å². The molecular weight excluding hydrogens is 103 g/mol. The number of allylic oxidation sites excluding steroid dienone is 4. The van der Waals surface area contributed by atoms with Crippen molar-refractivity contribution in [3.05, 3.63) is 23.8 Å². The lowest BCUT2D eigenvalue weighted by molar-refractivity contribution is 0.536. The third-order valence-electron chi connectivity index (χ3n) is 1.26. The Hall–Kier alpha value is -0.590. The van der Waals surface area contributed by atoms with E-state index in [1.807, 2.05) is 12.2 Å². The molecule has 1 heteroatoms. The first-order valence-corrected chi connectivity index (χ1v) is 2.82. The number of halogens is 1. The van der Waals surface area contributed by atoms with Crippen molar-refractivity contribution < 1.29 is 4.39 Å². The largest absolute Gasteiger partial charge is 0.246 e. The second kappa shape index (κ2) is 2.65. The first-order chi connectivity index (χ1) is 3.93. The van der Waals surface area contributed by atoms with Gasteiger partial charge in [-0.3, -0.25) is 0 Å². The van der Waals surface area contributed by atoms with Crippen LogP contribution in [-0.2, 0) is 0 Å². The molecule has 0 atom stereocenters. The van der Waals surface area contributed by atoms with Crippen molar-refractivity contribution >= 4 is 0 Å². The van der Waals surface area contributed by atoms with E-state index in [4.69, 9.17) is 0 Å². The fraction of sp³-hybridized carbons (Fsp3) is 0.429. The molecule has 1 rings (SSSR count). The quantitative estimate of drug-likeness (QED) is 0.456. The molecule has 0 amide bonds. The highest BCUT2D eigenvalue weighted by molar-refractivity contribution is 5.14. The molecule has 1 aliphatic rings. The van der Waals surface area contributed by atoms with Gasteiger partial charge in [0, 0.05) is 0 Å². The summed E-state index contributed by atoms with van der Waals surface area (Å²) in [6, 6.07) is 0. The first kappa shape index (κ1) is 5.54. The fourth-order valence-corrected chi connectivity index (χ4v) is 0.758. The summed E-state index contributed by atoms with van der Waals surface area (Å²) >= 11 is 0. The van der Waals surface area contributed by atoms with Gasteiger partial charge in [0.2, 0.25) is 0 Å². The van der Waals surface area contributed by atoms with Crippen LogP contribution in [0.4, 0.5) is 4.39 Å². The molecule has 0 saturated heterocycles. The zero-order chi connectivity index (χ0) is 5.82. The van der Waals surface area contributed by atoms with Crippen LogP contribution < -0.4 is 0 Å². The van der Waals surface area contributed by atoms with Gasteiger partial charge < -0.3 is 0 Å². The van der Waals surface area contributed by atoms with Crippen molar-refractivity contribution in [3.8, 4) is 0 Å². The SMILES string of the molecule is FCC1=CCC=CC1. The minimum Gasteiger partial charge on any atom is -0.246 e. The molecule has 0 aromatic rings. The summed E-state index contributed by atoms with van der Waals surface area (Å²) in [6.07, 6.45) is 7.74. The average Bonchev–Trinajstić information content (AvgIpc) is 1.90. The van der Waals surface area contributed by atoms with Crippen LogP contribution in [-0.4, -0.2) is 6.67 Å². The van der Waals surface area contributed by atoms with Gasteiger partial charge in [-0.2, -0.15) is 0 Å². The number of hydrogen-bond donors (Lipinski definition) is 0. The lowest BCUT2D eigenvalue weighted by atomic mass is 10.1. The zero-order valence-corrected chi connectivity index (χ0v) is 4.73. The van der Waals surface area contributed by atoms with E-state index in [0.29, 0.717) is 0 Å². The smallest absolute Gasteiger partial charge is 0.111 e. The predicted octanol–water partition coefficient (Wildman–Crippen LogP) is 2.23. The van der Waals surface area contributed by atoms with Crippen LogP contribution in [0.15, 0.2) is 23.8 Å². The maximum Gasteiger partial charge on any atom is 0.111 e. The minimum atomic E-state index is -0.273. The Morgan fingerprint density at radius 1 is 1.50 bits per heavy atom. The van der Waals surface area contributed by atoms with Gasteiger partial charge in [0.15, 0.2) is 0 Å². The number of rotatable bonds is 1. The van der Waals surface area contributed by atoms with Gasteiger partial charge in [0.05, 0.1) is 0 Å². The predicted molar refractivity (Wildman–Crippen MR) is 32.4 cm³/mol. The average molecular weight is 112 g/mol. The fourth-order valence-electron chi connectivity index (χ4n) is 0.758. The van der Waals surface area contributed by atoms with Gasteiger partial charge >= 0.3 is 0 Å². The summed E-state index contributed by atoms with van der Waals surface area (Å²) in [5, 5.41) is 0. The van der Waals surface area contributed by atoms with Crippen LogP contribution in [0.2, 0.25) is 0 Å². The van der Waals surface area contributed by atoms with Gasteiger partial charge in [0.25, 0.3) is 0 Å². The van der Waals surface area contributed by atoms with E-state index in [-0.39, 0.29) is 6.67 Å². The summed E-state index contributed by atoms with van der Waals surface area (Å²) in [4.78, 5) is 0. The van der Waals surface area contributed by atoms with Crippen LogP contribution in [0.3, 0.4) is 0 Å². The molecule has 44 valence electrons. The molecule has 0 aromatic carbocycles. The minimum absolute atomic E-state index is 0.273. The van der Waals surface area contributed by atoms with E-state index in [0.717, 1.165) is 18.4 Å². The summed E-state index contributed by atoms with van der Waals surface area (Å²) in [5.41, 5.74) is 0.924. The van der Waals surface area contributed by atoms with Gasteiger partial charge in [0.1, 0.15) is 6.67 Å². The van der Waals surface area contributed by atoms with Crippen molar-refractivity contribution in [1.29, 1.82) is 0 Å². The highest BCUT2D eigenvalue weighted by atomic mass is 19.1. The zero-order valence-electron chi connectivity index (χ0n) is 4.73. The Morgan fingerprint density at radius 2 is 2.38 bits per heavy atom. The van der Waals surface area contributed by atoms with Crippen LogP contribution in [0.1, 0.15) is 12.8 Å². The molecule has 0 spiro atoms. The third-order valence-corrected chi connectivity index (χ3v) is 1.26. The highest BCUT2D eigenvalue weighted by Gasteiger charge is 1.94. The Kier molecular flexibility index (Phi) is 1.84. The Balaban J connectivity index is 2.43. The Morgan fingerprint density at radius 3 is 2.75 bits per heavy atom. The second-order valence-electron chi connectivity index (χ2n) is 1.91. The molecule has 0 radical (unpaired) electrons. The van der Waals surface area contributed by atoms with Gasteiger partial charge in [-0.15, -0.1) is 0 Å². The third kappa shape index (κ3) is 1.19. The van der Waals surface area contributed by atoms with Crippen LogP contribution in [0.5, 0.6) is 0 Å². The maximum absolute atomic E-state index is 11.8. The van der Waals surface area contributed by atoms with E-state index < -0.39 is 0 Å². The molecular formula is C7H9F. The topological polar surface area (TPSA) is 0 Å². The molecule has 0 bridgehead atoms. The molecule has 0 fully saturated rings. The van der Waals surface area contributed by atoms with E-state index in [1.165, 1.54) is 0 Å². The van der Waals surface area contributed by atoms with Crippen LogP contribution in [0.25, 0.3) is 0 Å². The summed E-state index contributed by atoms with van der Waals surface area (Å²) in [5.74, 6) is 0. The van der Waals surface area contributed by atoms with E-state index in [9.17, 15) is 4.39 Å². The molecule has 0 aromatic heterocycles. The second-order valence-corrected chi connectivity index (χ2v) is 1.91. The monoisotopic (exact) mass is 112 g/mol. The molecule has 0 heterocycles. The van der Waals surface area contributed by atoms with Crippen molar-refractivity contribution in [2.24, 2.45) is 0 Å². The lowest BCUT2D eigenvalue weighted by Crippen LogP contribution is -1.86. The van der Waals surface area contributed by atoms with Gasteiger partial charge in [-0.1, -0.05) is 18.2 Å². The number of hydrogen-bond acceptors (Lipinski definition) is 0. The van der Waals surface area contributed by atoms with Crippen molar-refractivity contribution in [3.63, 3.8) is 0 Å². The lowest BCUT2D eigenvalue weighted by Gasteiger charge is -2.00. The first-order valence-electron chi connectivity index (χ1n) is 2.82.